The number of para-hydroxylation sites is 2. The summed E-state index contributed by atoms with van der Waals surface area (Å²) in [5.41, 5.74) is 1.73. The maximum absolute atomic E-state index is 13.1. The van der Waals surface area contributed by atoms with Crippen molar-refractivity contribution >= 4 is 11.6 Å². The molecule has 5 heteroatoms. The SMILES string of the molecule is CCOc1ccccc1NC(=O)[C@@H](c1ccccc1)[NH+]1CCOCC1. The molecule has 0 aromatic heterocycles. The average Bonchev–Trinajstić information content (AvgIpc) is 2.65. The zero-order valence-electron chi connectivity index (χ0n) is 14.5. The molecular formula is C20H25N2O3+. The highest BCUT2D eigenvalue weighted by Crippen LogP contribution is 2.25. The Bertz CT molecular complexity index is 684. The van der Waals surface area contributed by atoms with Crippen LogP contribution in [-0.4, -0.2) is 38.8 Å². The highest BCUT2D eigenvalue weighted by molar-refractivity contribution is 5.95. The molecule has 132 valence electrons. The summed E-state index contributed by atoms with van der Waals surface area (Å²) in [4.78, 5) is 14.4. The molecule has 2 aromatic carbocycles. The fraction of sp³-hybridized carbons (Fsp3) is 0.350. The number of quaternary nitrogens is 1. The highest BCUT2D eigenvalue weighted by Gasteiger charge is 2.33. The first kappa shape index (κ1) is 17.5. The third kappa shape index (κ3) is 4.38. The summed E-state index contributed by atoms with van der Waals surface area (Å²) in [7, 11) is 0. The van der Waals surface area contributed by atoms with Gasteiger partial charge in [0.25, 0.3) is 5.91 Å². The van der Waals surface area contributed by atoms with E-state index >= 15 is 0 Å². The van der Waals surface area contributed by atoms with Gasteiger partial charge in [-0.1, -0.05) is 42.5 Å². The molecule has 0 unspecified atom stereocenters. The van der Waals surface area contributed by atoms with E-state index in [1.807, 2.05) is 61.5 Å². The Morgan fingerprint density at radius 3 is 2.52 bits per heavy atom. The Morgan fingerprint density at radius 1 is 1.12 bits per heavy atom. The van der Waals surface area contributed by atoms with Crippen LogP contribution in [0.3, 0.4) is 0 Å². The van der Waals surface area contributed by atoms with Gasteiger partial charge in [-0.05, 0) is 19.1 Å². The molecule has 1 aliphatic heterocycles. The Hall–Kier alpha value is -2.37. The molecule has 0 aliphatic carbocycles. The van der Waals surface area contributed by atoms with Gasteiger partial charge in [0.15, 0.2) is 6.04 Å². The van der Waals surface area contributed by atoms with Crippen molar-refractivity contribution in [3.8, 4) is 5.75 Å². The maximum atomic E-state index is 13.1. The number of morpholine rings is 1. The third-order valence-electron chi connectivity index (χ3n) is 4.38. The molecule has 1 atom stereocenters. The monoisotopic (exact) mass is 341 g/mol. The van der Waals surface area contributed by atoms with Gasteiger partial charge < -0.3 is 19.7 Å². The predicted octanol–water partition coefficient (Wildman–Crippen LogP) is 1.68. The Labute approximate surface area is 148 Å². The normalized spacial score (nSPS) is 16.2. The predicted molar refractivity (Wildman–Crippen MR) is 96.9 cm³/mol. The number of amides is 1. The zero-order valence-corrected chi connectivity index (χ0v) is 14.5. The van der Waals surface area contributed by atoms with E-state index in [1.54, 1.807) is 0 Å². The number of hydrogen-bond acceptors (Lipinski definition) is 3. The quantitative estimate of drug-likeness (QED) is 0.841. The van der Waals surface area contributed by atoms with E-state index < -0.39 is 0 Å². The lowest BCUT2D eigenvalue weighted by Gasteiger charge is -2.31. The molecule has 0 bridgehead atoms. The minimum absolute atomic E-state index is 0.0183. The molecular weight excluding hydrogens is 316 g/mol. The lowest BCUT2D eigenvalue weighted by Crippen LogP contribution is -3.15. The number of carbonyl (C=O) groups excluding carboxylic acids is 1. The summed E-state index contributed by atoms with van der Waals surface area (Å²) in [6.45, 7) is 5.50. The molecule has 1 amide bonds. The summed E-state index contributed by atoms with van der Waals surface area (Å²) in [6.07, 6.45) is 0. The number of carbonyl (C=O) groups is 1. The molecule has 0 saturated carbocycles. The minimum atomic E-state index is -0.264. The van der Waals surface area contributed by atoms with Crippen molar-refractivity contribution in [2.75, 3.05) is 38.2 Å². The fourth-order valence-electron chi connectivity index (χ4n) is 3.20. The molecule has 1 aliphatic rings. The second-order valence-electron chi connectivity index (χ2n) is 6.03. The van der Waals surface area contributed by atoms with E-state index in [0.717, 1.165) is 18.7 Å². The number of nitrogens with one attached hydrogen (secondary N) is 2. The molecule has 1 fully saturated rings. The number of benzene rings is 2. The second-order valence-corrected chi connectivity index (χ2v) is 6.03. The molecule has 0 radical (unpaired) electrons. The van der Waals surface area contributed by atoms with Gasteiger partial charge in [-0.15, -0.1) is 0 Å². The summed E-state index contributed by atoms with van der Waals surface area (Å²) >= 11 is 0. The van der Waals surface area contributed by atoms with Gasteiger partial charge >= 0.3 is 0 Å². The summed E-state index contributed by atoms with van der Waals surface area (Å²) in [5.74, 6) is 0.678. The molecule has 0 spiro atoms. The van der Waals surface area contributed by atoms with Crippen LogP contribution >= 0.6 is 0 Å². The van der Waals surface area contributed by atoms with Crippen molar-refractivity contribution in [2.45, 2.75) is 13.0 Å². The smallest absolute Gasteiger partial charge is 0.287 e. The fourth-order valence-corrected chi connectivity index (χ4v) is 3.20. The molecule has 5 nitrogen and oxygen atoms in total. The second kappa shape index (κ2) is 8.65. The zero-order chi connectivity index (χ0) is 17.5. The number of anilines is 1. The molecule has 2 N–H and O–H groups in total. The number of hydrogen-bond donors (Lipinski definition) is 2. The number of ether oxygens (including phenoxy) is 2. The number of rotatable bonds is 6. The van der Waals surface area contributed by atoms with Crippen LogP contribution in [0.1, 0.15) is 18.5 Å². The van der Waals surface area contributed by atoms with E-state index in [4.69, 9.17) is 9.47 Å². The lowest BCUT2D eigenvalue weighted by atomic mass is 10.0. The molecule has 1 heterocycles. The van der Waals surface area contributed by atoms with Gasteiger partial charge in [0, 0.05) is 5.56 Å². The maximum Gasteiger partial charge on any atom is 0.287 e. The van der Waals surface area contributed by atoms with Crippen molar-refractivity contribution in [1.82, 2.24) is 0 Å². The molecule has 1 saturated heterocycles. The summed E-state index contributed by atoms with van der Waals surface area (Å²) in [6, 6.07) is 17.2. The highest BCUT2D eigenvalue weighted by atomic mass is 16.5. The summed E-state index contributed by atoms with van der Waals surface area (Å²) in [5, 5.41) is 3.07. The Morgan fingerprint density at radius 2 is 1.80 bits per heavy atom. The van der Waals surface area contributed by atoms with Gasteiger partial charge in [-0.3, -0.25) is 4.79 Å². The van der Waals surface area contributed by atoms with E-state index in [1.165, 1.54) is 4.90 Å². The van der Waals surface area contributed by atoms with Crippen LogP contribution in [0.25, 0.3) is 0 Å². The minimum Gasteiger partial charge on any atom is -0.492 e. The third-order valence-corrected chi connectivity index (χ3v) is 4.38. The van der Waals surface area contributed by atoms with Gasteiger partial charge in [0.05, 0.1) is 25.5 Å². The van der Waals surface area contributed by atoms with Gasteiger partial charge in [-0.25, -0.2) is 0 Å². The van der Waals surface area contributed by atoms with Gasteiger partial charge in [0.1, 0.15) is 18.8 Å². The van der Waals surface area contributed by atoms with Gasteiger partial charge in [-0.2, -0.15) is 0 Å². The first-order valence-electron chi connectivity index (χ1n) is 8.79. The van der Waals surface area contributed by atoms with E-state index in [0.29, 0.717) is 31.3 Å². The van der Waals surface area contributed by atoms with E-state index in [2.05, 4.69) is 5.32 Å². The van der Waals surface area contributed by atoms with Crippen molar-refractivity contribution < 1.29 is 19.2 Å². The standard InChI is InChI=1S/C20H24N2O3/c1-2-25-18-11-7-6-10-17(18)21-20(23)19(16-8-4-3-5-9-16)22-12-14-24-15-13-22/h3-11,19H,2,12-15H2,1H3,(H,21,23)/p+1/t19-/m1/s1. The van der Waals surface area contributed by atoms with Crippen LogP contribution in [0, 0.1) is 0 Å². The van der Waals surface area contributed by atoms with Crippen molar-refractivity contribution in [2.24, 2.45) is 0 Å². The van der Waals surface area contributed by atoms with Crippen LogP contribution in [0.2, 0.25) is 0 Å². The van der Waals surface area contributed by atoms with Crippen LogP contribution in [-0.2, 0) is 9.53 Å². The van der Waals surface area contributed by atoms with Crippen molar-refractivity contribution in [1.29, 1.82) is 0 Å². The van der Waals surface area contributed by atoms with Crippen molar-refractivity contribution in [3.05, 3.63) is 60.2 Å². The van der Waals surface area contributed by atoms with Crippen molar-refractivity contribution in [3.63, 3.8) is 0 Å². The van der Waals surface area contributed by atoms with Crippen LogP contribution in [0.5, 0.6) is 5.75 Å². The molecule has 2 aromatic rings. The Kier molecular flexibility index (Phi) is 6.04. The molecule has 25 heavy (non-hydrogen) atoms. The lowest BCUT2D eigenvalue weighted by molar-refractivity contribution is -0.929. The summed E-state index contributed by atoms with van der Waals surface area (Å²) < 4.78 is 11.1. The topological polar surface area (TPSA) is 52.0 Å². The first-order chi connectivity index (χ1) is 12.3. The first-order valence-corrected chi connectivity index (χ1v) is 8.79. The van der Waals surface area contributed by atoms with E-state index in [9.17, 15) is 4.79 Å². The van der Waals surface area contributed by atoms with Crippen LogP contribution < -0.4 is 15.0 Å². The van der Waals surface area contributed by atoms with Gasteiger partial charge in [0.2, 0.25) is 0 Å². The van der Waals surface area contributed by atoms with Crippen LogP contribution in [0.4, 0.5) is 5.69 Å². The largest absolute Gasteiger partial charge is 0.492 e. The average molecular weight is 341 g/mol. The van der Waals surface area contributed by atoms with E-state index in [-0.39, 0.29) is 11.9 Å². The van der Waals surface area contributed by atoms with Crippen LogP contribution in [0.15, 0.2) is 54.6 Å². The molecule has 3 rings (SSSR count). The Balaban J connectivity index is 1.84.